The number of hydrogen-bond donors (Lipinski definition) is 1. The predicted molar refractivity (Wildman–Crippen MR) is 117 cm³/mol. The Morgan fingerprint density at radius 1 is 1.10 bits per heavy atom. The fraction of sp³-hybridized carbons (Fsp3) is 0.458. The topological polar surface area (TPSA) is 60.0 Å². The van der Waals surface area contributed by atoms with Gasteiger partial charge in [-0.05, 0) is 49.6 Å². The van der Waals surface area contributed by atoms with E-state index in [0.717, 1.165) is 41.3 Å². The molecule has 1 amide bonds. The molecule has 0 bridgehead atoms. The van der Waals surface area contributed by atoms with Gasteiger partial charge in [-0.15, -0.1) is 0 Å². The molecule has 0 aromatic heterocycles. The van der Waals surface area contributed by atoms with Crippen molar-refractivity contribution in [3.63, 3.8) is 0 Å². The van der Waals surface area contributed by atoms with Crippen LogP contribution in [0, 0.1) is 20.8 Å². The van der Waals surface area contributed by atoms with Gasteiger partial charge < -0.3 is 19.5 Å². The van der Waals surface area contributed by atoms with Gasteiger partial charge in [0.05, 0.1) is 26.4 Å². The van der Waals surface area contributed by atoms with Gasteiger partial charge in [0.25, 0.3) is 5.91 Å². The van der Waals surface area contributed by atoms with Gasteiger partial charge in [0.2, 0.25) is 0 Å². The zero-order chi connectivity index (χ0) is 21.5. The Kier molecular flexibility index (Phi) is 7.71. The normalized spacial score (nSPS) is 15.5. The lowest BCUT2D eigenvalue weighted by Gasteiger charge is -2.35. The summed E-state index contributed by atoms with van der Waals surface area (Å²) in [6.07, 6.45) is 0. The Bertz CT molecular complexity index is 822. The van der Waals surface area contributed by atoms with Crippen LogP contribution >= 0.6 is 0 Å². The third kappa shape index (κ3) is 5.74. The maximum absolute atomic E-state index is 12.5. The first-order chi connectivity index (χ1) is 14.5. The lowest BCUT2D eigenvalue weighted by atomic mass is 10.0. The fourth-order valence-corrected chi connectivity index (χ4v) is 3.97. The van der Waals surface area contributed by atoms with Gasteiger partial charge in [-0.25, -0.2) is 0 Å². The van der Waals surface area contributed by atoms with Gasteiger partial charge in [0, 0.05) is 19.6 Å². The van der Waals surface area contributed by atoms with Crippen molar-refractivity contribution in [2.75, 3.05) is 46.6 Å². The number of carbonyl (C=O) groups excluding carboxylic acids is 1. The number of amides is 1. The van der Waals surface area contributed by atoms with Crippen LogP contribution in [0.5, 0.6) is 11.5 Å². The molecule has 6 heteroatoms. The van der Waals surface area contributed by atoms with Crippen molar-refractivity contribution in [1.29, 1.82) is 0 Å². The van der Waals surface area contributed by atoms with Crippen molar-refractivity contribution in [1.82, 2.24) is 10.2 Å². The van der Waals surface area contributed by atoms with Crippen molar-refractivity contribution < 1.29 is 19.0 Å². The Balaban J connectivity index is 1.62. The van der Waals surface area contributed by atoms with Crippen LogP contribution in [0.25, 0.3) is 0 Å². The Hall–Kier alpha value is -2.57. The number of hydrogen-bond acceptors (Lipinski definition) is 5. The molecule has 30 heavy (non-hydrogen) atoms. The summed E-state index contributed by atoms with van der Waals surface area (Å²) in [6.45, 7) is 9.67. The average Bonchev–Trinajstić information content (AvgIpc) is 2.74. The van der Waals surface area contributed by atoms with Gasteiger partial charge in [-0.2, -0.15) is 0 Å². The zero-order valence-corrected chi connectivity index (χ0v) is 18.4. The summed E-state index contributed by atoms with van der Waals surface area (Å²) in [5.41, 5.74) is 4.42. The molecule has 2 aromatic carbocycles. The van der Waals surface area contributed by atoms with E-state index < -0.39 is 0 Å². The second kappa shape index (κ2) is 10.5. The lowest BCUT2D eigenvalue weighted by molar-refractivity contribution is -0.123. The number of methoxy groups -OCH3 is 1. The first kappa shape index (κ1) is 22.1. The smallest absolute Gasteiger partial charge is 0.258 e. The van der Waals surface area contributed by atoms with Gasteiger partial charge >= 0.3 is 0 Å². The zero-order valence-electron chi connectivity index (χ0n) is 18.4. The first-order valence-electron chi connectivity index (χ1n) is 10.4. The van der Waals surface area contributed by atoms with Gasteiger partial charge in [-0.3, -0.25) is 9.69 Å². The number of ether oxygens (including phenoxy) is 3. The minimum absolute atomic E-state index is 0.00316. The second-order valence-electron chi connectivity index (χ2n) is 7.76. The number of rotatable bonds is 8. The van der Waals surface area contributed by atoms with Crippen molar-refractivity contribution in [3.8, 4) is 11.5 Å². The number of benzene rings is 2. The standard InChI is InChI=1S/C24H32N2O4/c1-17-13-18(2)24(19(3)14-17)30-16-23(27)25-15-22(26-9-11-29-12-10-26)20-5-7-21(28-4)8-6-20/h5-8,13-14,22H,9-12,15-16H2,1-4H3,(H,25,27)/t22-/m0/s1. The largest absolute Gasteiger partial charge is 0.497 e. The van der Waals surface area contributed by atoms with Gasteiger partial charge in [0.15, 0.2) is 6.61 Å². The summed E-state index contributed by atoms with van der Waals surface area (Å²) in [6, 6.07) is 12.2. The number of nitrogens with zero attached hydrogens (tertiary/aromatic N) is 1. The van der Waals surface area contributed by atoms with Crippen LogP contribution in [0.15, 0.2) is 36.4 Å². The Morgan fingerprint density at radius 3 is 2.33 bits per heavy atom. The third-order valence-electron chi connectivity index (χ3n) is 5.43. The lowest BCUT2D eigenvalue weighted by Crippen LogP contribution is -2.44. The molecule has 0 unspecified atom stereocenters. The maximum atomic E-state index is 12.5. The number of nitrogens with one attached hydrogen (secondary N) is 1. The molecule has 0 spiro atoms. The van der Waals surface area contributed by atoms with E-state index in [2.05, 4.69) is 41.4 Å². The monoisotopic (exact) mass is 412 g/mol. The fourth-order valence-electron chi connectivity index (χ4n) is 3.97. The highest BCUT2D eigenvalue weighted by molar-refractivity contribution is 5.77. The van der Waals surface area contributed by atoms with Crippen LogP contribution < -0.4 is 14.8 Å². The molecule has 0 radical (unpaired) electrons. The summed E-state index contributed by atoms with van der Waals surface area (Å²) in [7, 11) is 1.66. The molecular formula is C24H32N2O4. The summed E-state index contributed by atoms with van der Waals surface area (Å²) >= 11 is 0. The SMILES string of the molecule is COc1ccc([C@H](CNC(=O)COc2c(C)cc(C)cc2C)N2CCOCC2)cc1. The summed E-state index contributed by atoms with van der Waals surface area (Å²) in [5, 5.41) is 3.05. The molecule has 1 heterocycles. The average molecular weight is 413 g/mol. The molecule has 6 nitrogen and oxygen atoms in total. The molecule has 1 N–H and O–H groups in total. The van der Waals surface area contributed by atoms with Crippen LogP contribution in [0.2, 0.25) is 0 Å². The van der Waals surface area contributed by atoms with E-state index in [0.29, 0.717) is 19.8 Å². The van der Waals surface area contributed by atoms with Gasteiger partial charge in [-0.1, -0.05) is 29.8 Å². The molecule has 1 fully saturated rings. The van der Waals surface area contributed by atoms with E-state index in [9.17, 15) is 4.79 Å². The molecule has 1 aliphatic rings. The highest BCUT2D eigenvalue weighted by Gasteiger charge is 2.23. The van der Waals surface area contributed by atoms with Crippen molar-refractivity contribution in [3.05, 3.63) is 58.7 Å². The molecular weight excluding hydrogens is 380 g/mol. The molecule has 162 valence electrons. The molecule has 1 atom stereocenters. The Morgan fingerprint density at radius 2 is 1.73 bits per heavy atom. The third-order valence-corrected chi connectivity index (χ3v) is 5.43. The van der Waals surface area contributed by atoms with Crippen LogP contribution in [-0.4, -0.2) is 57.4 Å². The summed E-state index contributed by atoms with van der Waals surface area (Å²) in [4.78, 5) is 14.9. The summed E-state index contributed by atoms with van der Waals surface area (Å²) in [5.74, 6) is 1.48. The van der Waals surface area contributed by atoms with E-state index >= 15 is 0 Å². The van der Waals surface area contributed by atoms with E-state index in [1.165, 1.54) is 5.56 Å². The van der Waals surface area contributed by atoms with Crippen molar-refractivity contribution >= 4 is 5.91 Å². The molecule has 1 aliphatic heterocycles. The highest BCUT2D eigenvalue weighted by atomic mass is 16.5. The highest BCUT2D eigenvalue weighted by Crippen LogP contribution is 2.25. The minimum atomic E-state index is -0.124. The molecule has 3 rings (SSSR count). The van der Waals surface area contributed by atoms with Crippen LogP contribution in [0.4, 0.5) is 0 Å². The van der Waals surface area contributed by atoms with Crippen LogP contribution in [0.3, 0.4) is 0 Å². The van der Waals surface area contributed by atoms with E-state index in [-0.39, 0.29) is 18.6 Å². The minimum Gasteiger partial charge on any atom is -0.497 e. The number of carbonyl (C=O) groups is 1. The number of aryl methyl sites for hydroxylation is 3. The number of morpholine rings is 1. The molecule has 2 aromatic rings. The van der Waals surface area contributed by atoms with Crippen LogP contribution in [-0.2, 0) is 9.53 Å². The predicted octanol–water partition coefficient (Wildman–Crippen LogP) is 3.19. The Labute approximate surface area is 179 Å². The van der Waals surface area contributed by atoms with E-state index in [4.69, 9.17) is 14.2 Å². The quantitative estimate of drug-likeness (QED) is 0.722. The molecule has 0 saturated carbocycles. The van der Waals surface area contributed by atoms with Crippen molar-refractivity contribution in [2.45, 2.75) is 26.8 Å². The summed E-state index contributed by atoms with van der Waals surface area (Å²) < 4.78 is 16.6. The maximum Gasteiger partial charge on any atom is 0.258 e. The van der Waals surface area contributed by atoms with E-state index in [1.54, 1.807) is 7.11 Å². The molecule has 0 aliphatic carbocycles. The van der Waals surface area contributed by atoms with Gasteiger partial charge in [0.1, 0.15) is 11.5 Å². The van der Waals surface area contributed by atoms with Crippen molar-refractivity contribution in [2.24, 2.45) is 0 Å². The first-order valence-corrected chi connectivity index (χ1v) is 10.4. The molecule has 1 saturated heterocycles. The second-order valence-corrected chi connectivity index (χ2v) is 7.76. The van der Waals surface area contributed by atoms with E-state index in [1.807, 2.05) is 26.0 Å². The van der Waals surface area contributed by atoms with Crippen LogP contribution in [0.1, 0.15) is 28.3 Å².